The van der Waals surface area contributed by atoms with Gasteiger partial charge in [-0.25, -0.2) is 0 Å². The average Bonchev–Trinajstić information content (AvgIpc) is 2.52. The van der Waals surface area contributed by atoms with Crippen LogP contribution in [0.5, 0.6) is 0 Å². The molecule has 0 fully saturated rings. The van der Waals surface area contributed by atoms with Crippen LogP contribution in [0.15, 0.2) is 0 Å². The van der Waals surface area contributed by atoms with Gasteiger partial charge in [-0.05, 0) is 32.4 Å². The number of aliphatic hydroxyl groups excluding tert-OH is 1. The minimum atomic E-state index is -0.0337. The van der Waals surface area contributed by atoms with E-state index in [4.69, 9.17) is 0 Å². The Morgan fingerprint density at radius 3 is 1.59 bits per heavy atom. The molecule has 0 aliphatic rings. The van der Waals surface area contributed by atoms with Gasteiger partial charge in [-0.2, -0.15) is 0 Å². The van der Waals surface area contributed by atoms with Crippen LogP contribution in [-0.2, 0) is 0 Å². The number of nitrogens with one attached hydrogen (secondary N) is 1. The van der Waals surface area contributed by atoms with Crippen LogP contribution in [0.1, 0.15) is 110 Å². The van der Waals surface area contributed by atoms with E-state index in [-0.39, 0.29) is 6.10 Å². The first-order chi connectivity index (χ1) is 10.8. The Hall–Kier alpha value is -0.0800. The fraction of sp³-hybridized carbons (Fsp3) is 1.00. The van der Waals surface area contributed by atoms with Gasteiger partial charge >= 0.3 is 0 Å². The van der Waals surface area contributed by atoms with Crippen LogP contribution in [0.25, 0.3) is 0 Å². The lowest BCUT2D eigenvalue weighted by atomic mass is 10.0. The van der Waals surface area contributed by atoms with Gasteiger partial charge in [0.25, 0.3) is 0 Å². The second-order valence-corrected chi connectivity index (χ2v) is 6.83. The van der Waals surface area contributed by atoms with E-state index in [9.17, 15) is 5.11 Å². The molecule has 0 amide bonds. The van der Waals surface area contributed by atoms with Gasteiger partial charge in [0.15, 0.2) is 0 Å². The van der Waals surface area contributed by atoms with Crippen LogP contribution in [0.3, 0.4) is 0 Å². The van der Waals surface area contributed by atoms with Crippen LogP contribution in [-0.4, -0.2) is 24.3 Å². The summed E-state index contributed by atoms with van der Waals surface area (Å²) < 4.78 is 0. The molecule has 2 N–H and O–H groups in total. The average molecular weight is 314 g/mol. The van der Waals surface area contributed by atoms with E-state index in [0.29, 0.717) is 0 Å². The highest BCUT2D eigenvalue weighted by Gasteiger charge is 2.03. The molecule has 1 unspecified atom stereocenters. The Balaban J connectivity index is 3.07. The topological polar surface area (TPSA) is 32.3 Å². The zero-order chi connectivity index (χ0) is 16.3. The van der Waals surface area contributed by atoms with E-state index in [1.807, 2.05) is 0 Å². The molecule has 0 radical (unpaired) electrons. The van der Waals surface area contributed by atoms with Crippen molar-refractivity contribution >= 4 is 0 Å². The highest BCUT2D eigenvalue weighted by molar-refractivity contribution is 4.57. The second-order valence-electron chi connectivity index (χ2n) is 6.83. The summed E-state index contributed by atoms with van der Waals surface area (Å²) in [5.41, 5.74) is 0. The summed E-state index contributed by atoms with van der Waals surface area (Å²) in [6, 6.07) is 0. The molecule has 0 heterocycles. The molecule has 0 saturated carbocycles. The molecule has 0 aromatic heterocycles. The normalized spacial score (nSPS) is 12.7. The van der Waals surface area contributed by atoms with Gasteiger partial charge in [0.05, 0.1) is 6.10 Å². The molecule has 0 saturated heterocycles. The highest BCUT2D eigenvalue weighted by Crippen LogP contribution is 2.14. The molecule has 22 heavy (non-hydrogen) atoms. The van der Waals surface area contributed by atoms with Gasteiger partial charge in [-0.1, -0.05) is 90.9 Å². The molecule has 0 aliphatic carbocycles. The maximum Gasteiger partial charge on any atom is 0.0540 e. The summed E-state index contributed by atoms with van der Waals surface area (Å²) in [5, 5.41) is 13.3. The highest BCUT2D eigenvalue weighted by atomic mass is 16.3. The maximum atomic E-state index is 9.90. The summed E-state index contributed by atoms with van der Waals surface area (Å²) in [4.78, 5) is 0. The Morgan fingerprint density at radius 1 is 0.636 bits per heavy atom. The van der Waals surface area contributed by atoms with Crippen molar-refractivity contribution in [1.29, 1.82) is 0 Å². The SMILES string of the molecule is CCCCCCC(O)CCCCCCCCCCCNCC. The van der Waals surface area contributed by atoms with Crippen LogP contribution in [0, 0.1) is 0 Å². The Morgan fingerprint density at radius 2 is 1.09 bits per heavy atom. The third kappa shape index (κ3) is 18.0. The molecule has 2 nitrogen and oxygen atoms in total. The van der Waals surface area contributed by atoms with Gasteiger partial charge in [0.1, 0.15) is 0 Å². The zero-order valence-electron chi connectivity index (χ0n) is 15.5. The van der Waals surface area contributed by atoms with E-state index in [2.05, 4.69) is 19.2 Å². The van der Waals surface area contributed by atoms with E-state index in [1.165, 1.54) is 90.0 Å². The van der Waals surface area contributed by atoms with E-state index in [0.717, 1.165) is 19.4 Å². The number of hydrogen-bond acceptors (Lipinski definition) is 2. The number of aliphatic hydroxyl groups is 1. The number of unbranched alkanes of at least 4 members (excludes halogenated alkanes) is 11. The van der Waals surface area contributed by atoms with Crippen LogP contribution in [0.2, 0.25) is 0 Å². The molecule has 0 rings (SSSR count). The minimum absolute atomic E-state index is 0.0337. The zero-order valence-corrected chi connectivity index (χ0v) is 15.5. The molecule has 2 heteroatoms. The Bertz CT molecular complexity index is 196. The van der Waals surface area contributed by atoms with Crippen LogP contribution < -0.4 is 5.32 Å². The van der Waals surface area contributed by atoms with Gasteiger partial charge in [0, 0.05) is 0 Å². The van der Waals surface area contributed by atoms with E-state index >= 15 is 0 Å². The lowest BCUT2D eigenvalue weighted by Gasteiger charge is -2.10. The molecule has 0 aromatic rings. The molecule has 0 bridgehead atoms. The second kappa shape index (κ2) is 19.0. The van der Waals surface area contributed by atoms with Gasteiger partial charge in [0.2, 0.25) is 0 Å². The summed E-state index contributed by atoms with van der Waals surface area (Å²) in [5.74, 6) is 0. The number of hydrogen-bond donors (Lipinski definition) is 2. The minimum Gasteiger partial charge on any atom is -0.393 e. The summed E-state index contributed by atoms with van der Waals surface area (Å²) >= 11 is 0. The van der Waals surface area contributed by atoms with Crippen LogP contribution in [0.4, 0.5) is 0 Å². The van der Waals surface area contributed by atoms with Crippen molar-refractivity contribution in [2.24, 2.45) is 0 Å². The largest absolute Gasteiger partial charge is 0.393 e. The van der Waals surface area contributed by atoms with Crippen molar-refractivity contribution in [1.82, 2.24) is 5.32 Å². The van der Waals surface area contributed by atoms with Crippen molar-refractivity contribution < 1.29 is 5.11 Å². The first-order valence-electron chi connectivity index (χ1n) is 10.2. The third-order valence-electron chi connectivity index (χ3n) is 4.53. The maximum absolute atomic E-state index is 9.90. The monoisotopic (exact) mass is 313 g/mol. The van der Waals surface area contributed by atoms with Gasteiger partial charge < -0.3 is 10.4 Å². The predicted octanol–water partition coefficient (Wildman–Crippen LogP) is 5.83. The van der Waals surface area contributed by atoms with Gasteiger partial charge in [-0.3, -0.25) is 0 Å². The predicted molar refractivity (Wildman–Crippen MR) is 99.5 cm³/mol. The van der Waals surface area contributed by atoms with Crippen molar-refractivity contribution in [3.63, 3.8) is 0 Å². The van der Waals surface area contributed by atoms with Crippen molar-refractivity contribution in [3.05, 3.63) is 0 Å². The van der Waals surface area contributed by atoms with Crippen LogP contribution >= 0.6 is 0 Å². The lowest BCUT2D eigenvalue weighted by molar-refractivity contribution is 0.147. The number of rotatable bonds is 18. The van der Waals surface area contributed by atoms with Crippen molar-refractivity contribution in [3.8, 4) is 0 Å². The molecule has 134 valence electrons. The first-order valence-corrected chi connectivity index (χ1v) is 10.2. The standard InChI is InChI=1S/C20H43NO/c1-3-5-6-14-17-20(22)18-15-12-10-8-7-9-11-13-16-19-21-4-2/h20-22H,3-19H2,1-2H3. The molecular weight excluding hydrogens is 270 g/mol. The molecule has 0 aromatic carbocycles. The summed E-state index contributed by atoms with van der Waals surface area (Å²) in [6.45, 7) is 6.70. The molecule has 0 spiro atoms. The summed E-state index contributed by atoms with van der Waals surface area (Å²) in [7, 11) is 0. The van der Waals surface area contributed by atoms with Crippen molar-refractivity contribution in [2.45, 2.75) is 116 Å². The lowest BCUT2D eigenvalue weighted by Crippen LogP contribution is -2.13. The Kier molecular flexibility index (Phi) is 18.9. The quantitative estimate of drug-likeness (QED) is 0.312. The molecular formula is C20H43NO. The smallest absolute Gasteiger partial charge is 0.0540 e. The van der Waals surface area contributed by atoms with Crippen molar-refractivity contribution in [2.75, 3.05) is 13.1 Å². The summed E-state index contributed by atoms with van der Waals surface area (Å²) in [6.07, 6.45) is 19.3. The molecule has 1 atom stereocenters. The molecule has 0 aliphatic heterocycles. The first kappa shape index (κ1) is 21.9. The van der Waals surface area contributed by atoms with E-state index in [1.54, 1.807) is 0 Å². The Labute approximate surface area is 140 Å². The van der Waals surface area contributed by atoms with E-state index < -0.39 is 0 Å². The van der Waals surface area contributed by atoms with Gasteiger partial charge in [-0.15, -0.1) is 0 Å². The third-order valence-corrected chi connectivity index (χ3v) is 4.53. The fourth-order valence-electron chi connectivity index (χ4n) is 3.00. The fourth-order valence-corrected chi connectivity index (χ4v) is 3.00.